The lowest BCUT2D eigenvalue weighted by molar-refractivity contribution is -0.144. The molecule has 124 valence electrons. The van der Waals surface area contributed by atoms with Gasteiger partial charge < -0.3 is 19.9 Å². The molecule has 2 aliphatic heterocycles. The van der Waals surface area contributed by atoms with Gasteiger partial charge in [-0.25, -0.2) is 0 Å². The van der Waals surface area contributed by atoms with Crippen LogP contribution in [-0.4, -0.2) is 48.4 Å². The average molecular weight is 311 g/mol. The monoisotopic (exact) mass is 311 g/mol. The summed E-state index contributed by atoms with van der Waals surface area (Å²) in [5.41, 5.74) is -0.216. The first-order chi connectivity index (χ1) is 10.6. The van der Waals surface area contributed by atoms with Crippen LogP contribution in [0.1, 0.15) is 44.9 Å². The number of ether oxygens (including phenoxy) is 2. The van der Waals surface area contributed by atoms with Crippen LogP contribution < -0.4 is 5.32 Å². The Morgan fingerprint density at radius 3 is 2.68 bits per heavy atom. The minimum atomic E-state index is -0.773. The smallest absolute Gasteiger partial charge is 0.306 e. The lowest BCUT2D eigenvalue weighted by Crippen LogP contribution is -2.50. The van der Waals surface area contributed by atoms with Gasteiger partial charge in [-0.3, -0.25) is 9.59 Å². The maximum atomic E-state index is 12.5. The first-order valence-electron chi connectivity index (χ1n) is 8.33. The van der Waals surface area contributed by atoms with Crippen molar-refractivity contribution in [3.05, 3.63) is 0 Å². The Morgan fingerprint density at radius 1 is 1.14 bits per heavy atom. The molecule has 1 saturated carbocycles. The first kappa shape index (κ1) is 15.7. The summed E-state index contributed by atoms with van der Waals surface area (Å²) in [6.07, 6.45) is 5.30. The number of nitrogens with one attached hydrogen (secondary N) is 1. The van der Waals surface area contributed by atoms with E-state index in [0.717, 1.165) is 38.7 Å². The molecule has 0 bridgehead atoms. The Labute approximate surface area is 130 Å². The van der Waals surface area contributed by atoms with Gasteiger partial charge in [-0.2, -0.15) is 0 Å². The molecule has 0 aromatic carbocycles. The van der Waals surface area contributed by atoms with E-state index in [1.807, 2.05) is 0 Å². The summed E-state index contributed by atoms with van der Waals surface area (Å²) < 4.78 is 11.3. The molecular formula is C16H25NO5. The van der Waals surface area contributed by atoms with Crippen LogP contribution in [0.4, 0.5) is 0 Å². The number of carboxylic acid groups (broad SMARTS) is 1. The number of carboxylic acids is 1. The number of rotatable bonds is 3. The summed E-state index contributed by atoms with van der Waals surface area (Å²) in [7, 11) is 0. The highest BCUT2D eigenvalue weighted by Crippen LogP contribution is 2.34. The minimum absolute atomic E-state index is 0.0203. The fraction of sp³-hybridized carbons (Fsp3) is 0.875. The maximum Gasteiger partial charge on any atom is 0.306 e. The highest BCUT2D eigenvalue weighted by atomic mass is 16.6. The second-order valence-corrected chi connectivity index (χ2v) is 6.93. The van der Waals surface area contributed by atoms with Crippen LogP contribution >= 0.6 is 0 Å². The predicted molar refractivity (Wildman–Crippen MR) is 78.4 cm³/mol. The first-order valence-corrected chi connectivity index (χ1v) is 8.33. The van der Waals surface area contributed by atoms with Gasteiger partial charge in [0.2, 0.25) is 5.91 Å². The number of carbonyl (C=O) groups excluding carboxylic acids is 1. The number of carbonyl (C=O) groups is 2. The largest absolute Gasteiger partial charge is 0.481 e. The number of amides is 1. The zero-order valence-electron chi connectivity index (χ0n) is 12.9. The minimum Gasteiger partial charge on any atom is -0.481 e. The van der Waals surface area contributed by atoms with Gasteiger partial charge in [-0.05, 0) is 32.1 Å². The van der Waals surface area contributed by atoms with Crippen molar-refractivity contribution in [2.24, 2.45) is 11.8 Å². The van der Waals surface area contributed by atoms with Crippen LogP contribution in [0.5, 0.6) is 0 Å². The Balaban J connectivity index is 1.53. The summed E-state index contributed by atoms with van der Waals surface area (Å²) in [4.78, 5) is 23.6. The third-order valence-electron chi connectivity index (χ3n) is 5.30. The molecule has 4 atom stereocenters. The molecule has 2 N–H and O–H groups in total. The van der Waals surface area contributed by atoms with E-state index in [-0.39, 0.29) is 29.4 Å². The molecule has 1 spiro atoms. The van der Waals surface area contributed by atoms with Gasteiger partial charge in [0.15, 0.2) is 0 Å². The van der Waals surface area contributed by atoms with Crippen LogP contribution in [0.25, 0.3) is 0 Å². The highest BCUT2D eigenvalue weighted by molar-refractivity contribution is 5.80. The van der Waals surface area contributed by atoms with Crippen molar-refractivity contribution in [2.45, 2.75) is 56.6 Å². The second kappa shape index (κ2) is 6.54. The highest BCUT2D eigenvalue weighted by Gasteiger charge is 2.42. The zero-order valence-corrected chi connectivity index (χ0v) is 12.9. The van der Waals surface area contributed by atoms with Gasteiger partial charge in [0, 0.05) is 31.6 Å². The van der Waals surface area contributed by atoms with Crippen molar-refractivity contribution in [3.63, 3.8) is 0 Å². The Hall–Kier alpha value is -1.14. The van der Waals surface area contributed by atoms with Crippen molar-refractivity contribution in [2.75, 3.05) is 19.8 Å². The van der Waals surface area contributed by atoms with Gasteiger partial charge in [0.25, 0.3) is 0 Å². The van der Waals surface area contributed by atoms with E-state index >= 15 is 0 Å². The van der Waals surface area contributed by atoms with Crippen LogP contribution in [-0.2, 0) is 19.1 Å². The van der Waals surface area contributed by atoms with Gasteiger partial charge >= 0.3 is 5.97 Å². The molecule has 4 unspecified atom stereocenters. The fourth-order valence-corrected chi connectivity index (χ4v) is 3.99. The molecule has 0 aromatic heterocycles. The molecule has 3 fully saturated rings. The Morgan fingerprint density at radius 2 is 1.95 bits per heavy atom. The molecule has 2 heterocycles. The molecule has 22 heavy (non-hydrogen) atoms. The van der Waals surface area contributed by atoms with Crippen LogP contribution in [0.2, 0.25) is 0 Å². The molecule has 3 rings (SSSR count). The zero-order chi connectivity index (χ0) is 15.6. The molecule has 3 aliphatic rings. The van der Waals surface area contributed by atoms with E-state index < -0.39 is 5.97 Å². The SMILES string of the molecule is O=C(O)C1CCCC(C(=O)NC2CCOC3(CCOC3)C2)C1. The normalized spacial score (nSPS) is 38.8. The number of aliphatic carboxylic acids is 1. The molecule has 2 saturated heterocycles. The summed E-state index contributed by atoms with van der Waals surface area (Å²) in [5.74, 6) is -1.28. The van der Waals surface area contributed by atoms with Crippen molar-refractivity contribution < 1.29 is 24.2 Å². The van der Waals surface area contributed by atoms with E-state index in [2.05, 4.69) is 5.32 Å². The van der Waals surface area contributed by atoms with Crippen LogP contribution in [0.3, 0.4) is 0 Å². The molecule has 0 aromatic rings. The topological polar surface area (TPSA) is 84.9 Å². The number of hydrogen-bond acceptors (Lipinski definition) is 4. The lowest BCUT2D eigenvalue weighted by Gasteiger charge is -2.38. The van der Waals surface area contributed by atoms with Gasteiger partial charge in [0.05, 0.1) is 18.1 Å². The van der Waals surface area contributed by atoms with E-state index in [1.54, 1.807) is 0 Å². The fourth-order valence-electron chi connectivity index (χ4n) is 3.99. The standard InChI is InChI=1S/C16H25NO5/c18-14(11-2-1-3-12(8-11)15(19)20)17-13-4-6-22-16(9-13)5-7-21-10-16/h11-13H,1-10H2,(H,17,18)(H,19,20). The van der Waals surface area contributed by atoms with E-state index in [0.29, 0.717) is 26.1 Å². The third kappa shape index (κ3) is 3.43. The van der Waals surface area contributed by atoms with E-state index in [4.69, 9.17) is 14.6 Å². The predicted octanol–water partition coefficient (Wildman–Crippen LogP) is 1.33. The van der Waals surface area contributed by atoms with Gasteiger partial charge in [0.1, 0.15) is 0 Å². The Kier molecular flexibility index (Phi) is 4.68. The van der Waals surface area contributed by atoms with E-state index in [1.165, 1.54) is 0 Å². The van der Waals surface area contributed by atoms with Crippen molar-refractivity contribution in [1.82, 2.24) is 5.32 Å². The second-order valence-electron chi connectivity index (χ2n) is 6.93. The molecule has 1 amide bonds. The maximum absolute atomic E-state index is 12.5. The van der Waals surface area contributed by atoms with Crippen molar-refractivity contribution >= 4 is 11.9 Å². The number of hydrogen-bond donors (Lipinski definition) is 2. The lowest BCUT2D eigenvalue weighted by atomic mass is 9.80. The summed E-state index contributed by atoms with van der Waals surface area (Å²) in [6.45, 7) is 1.99. The third-order valence-corrected chi connectivity index (χ3v) is 5.30. The van der Waals surface area contributed by atoms with Crippen molar-refractivity contribution in [1.29, 1.82) is 0 Å². The summed E-state index contributed by atoms with van der Waals surface area (Å²) in [5, 5.41) is 12.3. The summed E-state index contributed by atoms with van der Waals surface area (Å²) >= 11 is 0. The average Bonchev–Trinajstić information content (AvgIpc) is 2.95. The van der Waals surface area contributed by atoms with Gasteiger partial charge in [-0.1, -0.05) is 6.42 Å². The molecule has 1 aliphatic carbocycles. The molecular weight excluding hydrogens is 286 g/mol. The Bertz CT molecular complexity index is 432. The van der Waals surface area contributed by atoms with Crippen LogP contribution in [0, 0.1) is 11.8 Å². The van der Waals surface area contributed by atoms with Crippen LogP contribution in [0.15, 0.2) is 0 Å². The van der Waals surface area contributed by atoms with Gasteiger partial charge in [-0.15, -0.1) is 0 Å². The quantitative estimate of drug-likeness (QED) is 0.821. The summed E-state index contributed by atoms with van der Waals surface area (Å²) in [6, 6.07) is 0.119. The van der Waals surface area contributed by atoms with Crippen molar-refractivity contribution in [3.8, 4) is 0 Å². The molecule has 0 radical (unpaired) electrons. The molecule has 6 nitrogen and oxygen atoms in total. The molecule has 6 heteroatoms. The van der Waals surface area contributed by atoms with E-state index in [9.17, 15) is 9.59 Å².